The van der Waals surface area contributed by atoms with Crippen molar-refractivity contribution in [3.63, 3.8) is 0 Å². The highest BCUT2D eigenvalue weighted by Crippen LogP contribution is 2.70. The fourth-order valence-electron chi connectivity index (χ4n) is 7.19. The minimum Gasteiger partial charge on any atom is -0.496 e. The zero-order valence-electron chi connectivity index (χ0n) is 19.8. The standard InChI is InChI=1S/C28H35NO4/c1-27(2)20-16-22-25(33-15-13-28(22,17-20)26(27)29-24(31)12-14-30)19-10-8-18(9-11-19)21-6-4-5-7-23(21)32-3/h4-11,20,22,25-26,30H,12-17H2,1-3H3,(H,29,31)/t20-,22-,25-,26-,28?/m1/s1. The Morgan fingerprint density at radius 2 is 1.94 bits per heavy atom. The van der Waals surface area contributed by atoms with Gasteiger partial charge in [-0.25, -0.2) is 0 Å². The lowest BCUT2D eigenvalue weighted by atomic mass is 9.59. The van der Waals surface area contributed by atoms with Crippen LogP contribution in [0.3, 0.4) is 0 Å². The van der Waals surface area contributed by atoms with Crippen LogP contribution in [0.25, 0.3) is 11.1 Å². The first kappa shape index (κ1) is 22.4. The SMILES string of the molecule is COc1ccccc1-c1ccc([C@H]2OCCC34C[C@@H](C[C@H]23)C(C)(C)[C@H]4NC(=O)CCO)cc1. The van der Waals surface area contributed by atoms with Gasteiger partial charge in [0.25, 0.3) is 0 Å². The average Bonchev–Trinajstić information content (AvgIpc) is 3.31. The molecule has 5 atom stereocenters. The summed E-state index contributed by atoms with van der Waals surface area (Å²) in [5, 5.41) is 12.6. The van der Waals surface area contributed by atoms with E-state index in [2.05, 4.69) is 49.5 Å². The van der Waals surface area contributed by atoms with E-state index < -0.39 is 0 Å². The van der Waals surface area contributed by atoms with E-state index in [0.29, 0.717) is 18.4 Å². The Hall–Kier alpha value is -2.37. The second kappa shape index (κ2) is 8.44. The molecule has 2 N–H and O–H groups in total. The van der Waals surface area contributed by atoms with Gasteiger partial charge in [-0.15, -0.1) is 0 Å². The Bertz CT molecular complexity index is 1020. The first-order valence-corrected chi connectivity index (χ1v) is 12.2. The number of fused-ring (bicyclic) bond motifs is 1. The molecule has 2 saturated carbocycles. The fraction of sp³-hybridized carbons (Fsp3) is 0.536. The van der Waals surface area contributed by atoms with E-state index in [4.69, 9.17) is 9.47 Å². The fourth-order valence-corrected chi connectivity index (χ4v) is 7.19. The predicted molar refractivity (Wildman–Crippen MR) is 128 cm³/mol. The molecule has 0 aromatic heterocycles. The van der Waals surface area contributed by atoms with Crippen molar-refractivity contribution in [1.29, 1.82) is 0 Å². The lowest BCUT2D eigenvalue weighted by Crippen LogP contribution is -2.59. The van der Waals surface area contributed by atoms with Gasteiger partial charge in [0.15, 0.2) is 0 Å². The molecule has 176 valence electrons. The molecule has 3 fully saturated rings. The summed E-state index contributed by atoms with van der Waals surface area (Å²) in [6.45, 7) is 5.21. The number of aliphatic hydroxyl groups excluding tert-OH is 1. The quantitative estimate of drug-likeness (QED) is 0.668. The highest BCUT2D eigenvalue weighted by Gasteiger charge is 2.68. The van der Waals surface area contributed by atoms with Crippen LogP contribution in [0.15, 0.2) is 48.5 Å². The molecular weight excluding hydrogens is 414 g/mol. The Morgan fingerprint density at radius 1 is 1.18 bits per heavy atom. The number of benzene rings is 2. The summed E-state index contributed by atoms with van der Waals surface area (Å²) in [5.41, 5.74) is 3.54. The van der Waals surface area contributed by atoms with E-state index in [1.54, 1.807) is 7.11 Å². The maximum atomic E-state index is 12.5. The lowest BCUT2D eigenvalue weighted by Gasteiger charge is -2.53. The molecule has 3 aliphatic rings. The molecule has 5 nitrogen and oxygen atoms in total. The van der Waals surface area contributed by atoms with Gasteiger partial charge in [-0.1, -0.05) is 56.3 Å². The average molecular weight is 450 g/mol. The number of carbonyl (C=O) groups is 1. The van der Waals surface area contributed by atoms with Gasteiger partial charge >= 0.3 is 0 Å². The first-order chi connectivity index (χ1) is 15.9. The third kappa shape index (κ3) is 3.57. The van der Waals surface area contributed by atoms with Crippen LogP contribution in [0.5, 0.6) is 5.75 Å². The van der Waals surface area contributed by atoms with Gasteiger partial charge in [-0.05, 0) is 59.1 Å². The number of methoxy groups -OCH3 is 1. The summed E-state index contributed by atoms with van der Waals surface area (Å²) in [5.74, 6) is 1.79. The van der Waals surface area contributed by atoms with E-state index >= 15 is 0 Å². The highest BCUT2D eigenvalue weighted by atomic mass is 16.5. The normalized spacial score (nSPS) is 31.8. The molecule has 1 unspecified atom stereocenters. The van der Waals surface area contributed by atoms with E-state index in [9.17, 15) is 9.90 Å². The molecule has 1 saturated heterocycles. The monoisotopic (exact) mass is 449 g/mol. The topological polar surface area (TPSA) is 67.8 Å². The molecule has 5 heteroatoms. The van der Waals surface area contributed by atoms with Gasteiger partial charge < -0.3 is 19.9 Å². The van der Waals surface area contributed by atoms with Gasteiger partial charge in [-0.3, -0.25) is 4.79 Å². The van der Waals surface area contributed by atoms with Crippen molar-refractivity contribution in [1.82, 2.24) is 5.32 Å². The molecular formula is C28H35NO4. The number of amides is 1. The number of carbonyl (C=O) groups excluding carboxylic acids is 1. The Labute approximate surface area is 196 Å². The van der Waals surface area contributed by atoms with Crippen molar-refractivity contribution >= 4 is 5.91 Å². The van der Waals surface area contributed by atoms with E-state index in [1.165, 1.54) is 5.56 Å². The molecule has 1 spiro atoms. The summed E-state index contributed by atoms with van der Waals surface area (Å²) < 4.78 is 11.9. The summed E-state index contributed by atoms with van der Waals surface area (Å²) in [6, 6.07) is 16.9. The van der Waals surface area contributed by atoms with Crippen LogP contribution >= 0.6 is 0 Å². The van der Waals surface area contributed by atoms with E-state index in [1.807, 2.05) is 18.2 Å². The van der Waals surface area contributed by atoms with Crippen molar-refractivity contribution in [2.45, 2.75) is 51.7 Å². The third-order valence-corrected chi connectivity index (χ3v) is 8.81. The smallest absolute Gasteiger partial charge is 0.222 e. The zero-order chi connectivity index (χ0) is 23.2. The van der Waals surface area contributed by atoms with Crippen molar-refractivity contribution in [3.8, 4) is 16.9 Å². The molecule has 0 radical (unpaired) electrons. The predicted octanol–water partition coefficient (Wildman–Crippen LogP) is 4.74. The molecule has 33 heavy (non-hydrogen) atoms. The summed E-state index contributed by atoms with van der Waals surface area (Å²) in [6.07, 6.45) is 3.48. The van der Waals surface area contributed by atoms with E-state index in [-0.39, 0.29) is 41.9 Å². The summed E-state index contributed by atoms with van der Waals surface area (Å²) in [7, 11) is 1.70. The number of hydrogen-bond donors (Lipinski definition) is 2. The third-order valence-electron chi connectivity index (χ3n) is 8.81. The molecule has 5 rings (SSSR count). The molecule has 2 bridgehead atoms. The van der Waals surface area contributed by atoms with Crippen LogP contribution in [0, 0.1) is 22.7 Å². The maximum absolute atomic E-state index is 12.5. The van der Waals surface area contributed by atoms with E-state index in [0.717, 1.165) is 36.1 Å². The van der Waals surface area contributed by atoms with Crippen LogP contribution in [0.1, 0.15) is 51.2 Å². The second-order valence-electron chi connectivity index (χ2n) is 10.6. The molecule has 1 heterocycles. The van der Waals surface area contributed by atoms with Crippen molar-refractivity contribution < 1.29 is 19.4 Å². The van der Waals surface area contributed by atoms with Crippen LogP contribution in [-0.4, -0.2) is 37.4 Å². The summed E-state index contributed by atoms with van der Waals surface area (Å²) >= 11 is 0. The number of rotatable bonds is 6. The molecule has 2 aromatic carbocycles. The Balaban J connectivity index is 1.43. The largest absolute Gasteiger partial charge is 0.496 e. The molecule has 1 aliphatic heterocycles. The van der Waals surface area contributed by atoms with Crippen LogP contribution < -0.4 is 10.1 Å². The zero-order valence-corrected chi connectivity index (χ0v) is 19.8. The molecule has 1 amide bonds. The highest BCUT2D eigenvalue weighted by molar-refractivity contribution is 5.76. The van der Waals surface area contributed by atoms with Crippen LogP contribution in [-0.2, 0) is 9.53 Å². The Kier molecular flexibility index (Phi) is 5.74. The minimum absolute atomic E-state index is 0.0412. The molecule has 2 aromatic rings. The number of hydrogen-bond acceptors (Lipinski definition) is 4. The first-order valence-electron chi connectivity index (χ1n) is 12.2. The van der Waals surface area contributed by atoms with Crippen LogP contribution in [0.4, 0.5) is 0 Å². The Morgan fingerprint density at radius 3 is 2.67 bits per heavy atom. The maximum Gasteiger partial charge on any atom is 0.222 e. The van der Waals surface area contributed by atoms with Gasteiger partial charge in [0, 0.05) is 24.6 Å². The van der Waals surface area contributed by atoms with Crippen molar-refractivity contribution in [2.24, 2.45) is 22.7 Å². The number of ether oxygens (including phenoxy) is 2. The number of para-hydroxylation sites is 1. The summed E-state index contributed by atoms with van der Waals surface area (Å²) in [4.78, 5) is 12.5. The number of aliphatic hydroxyl groups is 1. The minimum atomic E-state index is -0.108. The van der Waals surface area contributed by atoms with Gasteiger partial charge in [0.2, 0.25) is 5.91 Å². The molecule has 2 aliphatic carbocycles. The second-order valence-corrected chi connectivity index (χ2v) is 10.6. The van der Waals surface area contributed by atoms with Crippen molar-refractivity contribution in [3.05, 3.63) is 54.1 Å². The number of nitrogens with one attached hydrogen (secondary N) is 1. The van der Waals surface area contributed by atoms with Gasteiger partial charge in [0.05, 0.1) is 19.8 Å². The lowest BCUT2D eigenvalue weighted by molar-refractivity contribution is -0.137. The van der Waals surface area contributed by atoms with Crippen LogP contribution in [0.2, 0.25) is 0 Å². The van der Waals surface area contributed by atoms with Gasteiger partial charge in [0.1, 0.15) is 5.75 Å². The van der Waals surface area contributed by atoms with Gasteiger partial charge in [-0.2, -0.15) is 0 Å². The van der Waals surface area contributed by atoms with Crippen molar-refractivity contribution in [2.75, 3.05) is 20.3 Å².